The molecule has 1 heterocycles. The molecule has 3 saturated carbocycles. The van der Waals surface area contributed by atoms with Crippen molar-refractivity contribution in [3.05, 3.63) is 0 Å². The molecule has 4 fully saturated rings. The van der Waals surface area contributed by atoms with E-state index in [4.69, 9.17) is 9.29 Å². The number of amides is 2. The first-order chi connectivity index (χ1) is 19.3. The third-order valence-corrected chi connectivity index (χ3v) is 9.85. The molecule has 5 unspecified atom stereocenters. The van der Waals surface area contributed by atoms with Crippen molar-refractivity contribution in [2.75, 3.05) is 18.9 Å². The third kappa shape index (κ3) is 6.55. The number of imide groups is 1. The van der Waals surface area contributed by atoms with Crippen molar-refractivity contribution >= 4 is 33.9 Å². The number of alkyl halides is 6. The molecule has 5 atom stereocenters. The second-order valence-electron chi connectivity index (χ2n) is 12.0. The summed E-state index contributed by atoms with van der Waals surface area (Å²) >= 11 is 0. The first-order valence-electron chi connectivity index (χ1n) is 13.6. The van der Waals surface area contributed by atoms with Gasteiger partial charge >= 0.3 is 29.9 Å². The largest absolute Gasteiger partial charge is 0.465 e. The number of hydrogen-bond acceptors (Lipinski definition) is 8. The van der Waals surface area contributed by atoms with Crippen molar-refractivity contribution in [1.82, 2.24) is 4.90 Å². The van der Waals surface area contributed by atoms with Crippen LogP contribution in [0.15, 0.2) is 0 Å². The van der Waals surface area contributed by atoms with Crippen LogP contribution in [0.3, 0.4) is 0 Å². The van der Waals surface area contributed by atoms with Crippen LogP contribution in [0.5, 0.6) is 0 Å². The number of esters is 2. The zero-order chi connectivity index (χ0) is 31.3. The maximum atomic E-state index is 13.6. The maximum absolute atomic E-state index is 13.6. The molecule has 238 valence electrons. The molecule has 4 aliphatic rings. The molecule has 4 rings (SSSR count). The van der Waals surface area contributed by atoms with Gasteiger partial charge in [-0.05, 0) is 56.3 Å². The topological polar surface area (TPSA) is 144 Å². The Labute approximate surface area is 237 Å². The molecule has 0 spiro atoms. The second-order valence-corrected chi connectivity index (χ2v) is 13.5. The van der Waals surface area contributed by atoms with E-state index in [2.05, 4.69) is 4.74 Å². The lowest BCUT2D eigenvalue weighted by atomic mass is 9.51. The summed E-state index contributed by atoms with van der Waals surface area (Å²) in [7, 11) is -5.94. The van der Waals surface area contributed by atoms with Crippen LogP contribution < -0.4 is 0 Å². The van der Waals surface area contributed by atoms with Gasteiger partial charge in [-0.3, -0.25) is 28.6 Å². The van der Waals surface area contributed by atoms with Crippen molar-refractivity contribution in [3.8, 4) is 0 Å². The first-order valence-corrected chi connectivity index (χ1v) is 15.2. The number of ether oxygens (including phenoxy) is 2. The van der Waals surface area contributed by atoms with Crippen LogP contribution >= 0.6 is 0 Å². The standard InChI is InChI=1S/C25H31F6NO9S/c26-24(27,28)23(25(29,30)31,13-42(37,38)39)41-20(35)4-3-19(34)40-12-15-8-18(33)32(11-15)21(36)22-6-5-16-2-1-14(9-22)7-17(16)10-22/h14-17H,1-13H2,(H,37,38,39). The van der Waals surface area contributed by atoms with Gasteiger partial charge in [0.2, 0.25) is 11.8 Å². The normalized spacial score (nSPS) is 29.9. The average Bonchev–Trinajstić information content (AvgIpc) is 3.22. The number of likely N-dealkylation sites (tertiary alicyclic amines) is 1. The number of hydrogen-bond donors (Lipinski definition) is 1. The molecule has 17 heteroatoms. The predicted octanol–water partition coefficient (Wildman–Crippen LogP) is 3.59. The van der Waals surface area contributed by atoms with Gasteiger partial charge in [0.1, 0.15) is 5.75 Å². The summed E-state index contributed by atoms with van der Waals surface area (Å²) in [5.74, 6) is -6.15. The Kier molecular flexibility index (Phi) is 8.70. The highest BCUT2D eigenvalue weighted by molar-refractivity contribution is 7.85. The van der Waals surface area contributed by atoms with Crippen molar-refractivity contribution in [3.63, 3.8) is 0 Å². The van der Waals surface area contributed by atoms with Crippen LogP contribution in [0.25, 0.3) is 0 Å². The predicted molar refractivity (Wildman–Crippen MR) is 128 cm³/mol. The Balaban J connectivity index is 1.29. The van der Waals surface area contributed by atoms with E-state index in [1.54, 1.807) is 0 Å². The van der Waals surface area contributed by atoms with Crippen LogP contribution in [0.4, 0.5) is 26.3 Å². The molecule has 10 nitrogen and oxygen atoms in total. The van der Waals surface area contributed by atoms with E-state index in [0.717, 1.165) is 38.5 Å². The fourth-order valence-corrected chi connectivity index (χ4v) is 8.06. The van der Waals surface area contributed by atoms with Gasteiger partial charge in [0.05, 0.1) is 24.9 Å². The van der Waals surface area contributed by atoms with Crippen LogP contribution in [0.2, 0.25) is 0 Å². The molecule has 2 amide bonds. The van der Waals surface area contributed by atoms with Crippen LogP contribution in [-0.2, 0) is 38.8 Å². The summed E-state index contributed by atoms with van der Waals surface area (Å²) in [6, 6.07) is 0. The van der Waals surface area contributed by atoms with Crippen LogP contribution in [0.1, 0.15) is 64.2 Å². The van der Waals surface area contributed by atoms with E-state index >= 15 is 0 Å². The quantitative estimate of drug-likeness (QED) is 0.174. The lowest BCUT2D eigenvalue weighted by molar-refractivity contribution is -0.361. The minimum Gasteiger partial charge on any atom is -0.465 e. The molecule has 3 bridgehead atoms. The second kappa shape index (κ2) is 11.2. The highest BCUT2D eigenvalue weighted by Crippen LogP contribution is 2.59. The monoisotopic (exact) mass is 635 g/mol. The average molecular weight is 636 g/mol. The molecule has 0 aromatic carbocycles. The highest BCUT2D eigenvalue weighted by Gasteiger charge is 2.76. The molecule has 1 saturated heterocycles. The number of nitrogens with zero attached hydrogens (tertiary/aromatic N) is 1. The van der Waals surface area contributed by atoms with Gasteiger partial charge in [-0.2, -0.15) is 34.8 Å². The molecule has 0 aromatic rings. The Morgan fingerprint density at radius 1 is 0.952 bits per heavy atom. The minimum atomic E-state index is -6.48. The Morgan fingerprint density at radius 2 is 1.60 bits per heavy atom. The zero-order valence-corrected chi connectivity index (χ0v) is 23.2. The summed E-state index contributed by atoms with van der Waals surface area (Å²) in [4.78, 5) is 51.4. The molecule has 42 heavy (non-hydrogen) atoms. The van der Waals surface area contributed by atoms with E-state index in [9.17, 15) is 53.9 Å². The van der Waals surface area contributed by atoms with Gasteiger partial charge in [0.25, 0.3) is 10.1 Å². The fourth-order valence-electron chi connectivity index (χ4n) is 7.16. The van der Waals surface area contributed by atoms with E-state index in [1.807, 2.05) is 0 Å². The maximum Gasteiger partial charge on any atom is 0.438 e. The van der Waals surface area contributed by atoms with Crippen LogP contribution in [0, 0.1) is 29.1 Å². The lowest BCUT2D eigenvalue weighted by Crippen LogP contribution is -2.63. The van der Waals surface area contributed by atoms with Crippen molar-refractivity contribution < 1.29 is 68.0 Å². The Hall–Kier alpha value is -2.43. The van der Waals surface area contributed by atoms with E-state index in [0.29, 0.717) is 17.8 Å². The van der Waals surface area contributed by atoms with Gasteiger partial charge in [-0.25, -0.2) is 0 Å². The SMILES string of the molecule is O=C(CCC(=O)OC(CS(=O)(=O)O)(C(F)(F)F)C(F)(F)F)OCC1CC(=O)N(C(=O)C23CCC4CCC(CC4C2)C3)C1. The summed E-state index contributed by atoms with van der Waals surface area (Å²) in [6.07, 6.45) is -8.93. The lowest BCUT2D eigenvalue weighted by Gasteiger charge is -2.54. The van der Waals surface area contributed by atoms with E-state index in [1.165, 1.54) is 11.3 Å². The molecule has 3 aliphatic carbocycles. The van der Waals surface area contributed by atoms with E-state index in [-0.39, 0.29) is 25.5 Å². The minimum absolute atomic E-state index is 0.0111. The first kappa shape index (κ1) is 32.5. The van der Waals surface area contributed by atoms with Gasteiger partial charge < -0.3 is 9.47 Å². The van der Waals surface area contributed by atoms with Gasteiger partial charge in [0.15, 0.2) is 0 Å². The summed E-state index contributed by atoms with van der Waals surface area (Å²) in [5, 5.41) is 0. The smallest absolute Gasteiger partial charge is 0.438 e. The number of rotatable bonds is 9. The third-order valence-electron chi connectivity index (χ3n) is 9.08. The molecular formula is C25H31F6NO9S. The zero-order valence-electron chi connectivity index (χ0n) is 22.3. The molecule has 0 radical (unpaired) electrons. The van der Waals surface area contributed by atoms with Gasteiger partial charge in [-0.1, -0.05) is 6.42 Å². The molecular weight excluding hydrogens is 604 g/mol. The van der Waals surface area contributed by atoms with Crippen molar-refractivity contribution in [2.45, 2.75) is 82.2 Å². The number of carbonyl (C=O) groups excluding carboxylic acids is 4. The van der Waals surface area contributed by atoms with Crippen molar-refractivity contribution in [2.24, 2.45) is 29.1 Å². The number of fused-ring (bicyclic) bond motifs is 2. The fraction of sp³-hybridized carbons (Fsp3) is 0.840. The summed E-state index contributed by atoms with van der Waals surface area (Å²) in [5.41, 5.74) is -6.14. The highest BCUT2D eigenvalue weighted by atomic mass is 32.2. The summed E-state index contributed by atoms with van der Waals surface area (Å²) in [6.45, 7) is -0.398. The Bertz CT molecular complexity index is 1200. The number of halogens is 6. The van der Waals surface area contributed by atoms with Crippen molar-refractivity contribution in [1.29, 1.82) is 0 Å². The molecule has 0 aromatic heterocycles. The van der Waals surface area contributed by atoms with Crippen LogP contribution in [-0.4, -0.2) is 78.5 Å². The Morgan fingerprint density at radius 3 is 2.21 bits per heavy atom. The number of carbonyl (C=O) groups is 4. The molecule has 1 N–H and O–H groups in total. The van der Waals surface area contributed by atoms with E-state index < -0.39 is 75.8 Å². The van der Waals surface area contributed by atoms with Gasteiger partial charge in [-0.15, -0.1) is 0 Å². The molecule has 1 aliphatic heterocycles. The summed E-state index contributed by atoms with van der Waals surface area (Å²) < 4.78 is 119. The van der Waals surface area contributed by atoms with Gasteiger partial charge in [0, 0.05) is 18.9 Å².